The van der Waals surface area contributed by atoms with Crippen molar-refractivity contribution in [2.24, 2.45) is 4.99 Å². The molecule has 7 nitrogen and oxygen atoms in total. The van der Waals surface area contributed by atoms with Crippen molar-refractivity contribution in [2.75, 3.05) is 13.2 Å². The summed E-state index contributed by atoms with van der Waals surface area (Å²) in [5, 5.41) is 0.641. The van der Waals surface area contributed by atoms with Gasteiger partial charge in [0.25, 0.3) is 5.56 Å². The third-order valence-corrected chi connectivity index (χ3v) is 8.65. The molecule has 1 aromatic heterocycles. The van der Waals surface area contributed by atoms with Gasteiger partial charge in [-0.2, -0.15) is 0 Å². The molecule has 0 amide bonds. The Hall–Kier alpha value is -3.92. The number of carbonyl (C=O) groups is 1. The van der Waals surface area contributed by atoms with E-state index in [0.29, 0.717) is 50.3 Å². The largest absolute Gasteiger partial charge is 0.490 e. The molecule has 0 saturated carbocycles. The molecule has 0 saturated heterocycles. The Morgan fingerprint density at radius 2 is 1.91 bits per heavy atom. The zero-order valence-electron chi connectivity index (χ0n) is 23.5. The summed E-state index contributed by atoms with van der Waals surface area (Å²) in [5.41, 5.74) is 2.98. The standard InChI is InChI=1S/C33H28BrClN2O5S/c1-4-16-41-24-13-11-22(12-14-24)30-29(32(39)40-5-2)20(3)36-33-37(30)31(38)28(43-33)18-21-10-15-27(25(34)17-21)42-19-23-8-6-7-9-26(23)35/h4,6-15,17-18,30H,1,5,16,19H2,2-3H3/b28-18-/t30-/m1/s1. The monoisotopic (exact) mass is 678 g/mol. The van der Waals surface area contributed by atoms with E-state index in [0.717, 1.165) is 21.2 Å². The third kappa shape index (κ3) is 6.69. The van der Waals surface area contributed by atoms with Gasteiger partial charge in [0.1, 0.15) is 24.7 Å². The lowest BCUT2D eigenvalue weighted by molar-refractivity contribution is -0.139. The molecule has 5 rings (SSSR count). The Kier molecular flexibility index (Phi) is 9.65. The second-order valence-corrected chi connectivity index (χ2v) is 11.8. The molecular weight excluding hydrogens is 652 g/mol. The molecule has 0 unspecified atom stereocenters. The highest BCUT2D eigenvalue weighted by atomic mass is 79.9. The van der Waals surface area contributed by atoms with Gasteiger partial charge in [-0.1, -0.05) is 72.0 Å². The number of thiazole rings is 1. The van der Waals surface area contributed by atoms with Crippen LogP contribution in [0.15, 0.2) is 105 Å². The zero-order valence-corrected chi connectivity index (χ0v) is 26.7. The van der Waals surface area contributed by atoms with Crippen LogP contribution in [0.25, 0.3) is 6.08 Å². The number of hydrogen-bond donors (Lipinski definition) is 0. The van der Waals surface area contributed by atoms with Gasteiger partial charge in [0, 0.05) is 10.6 Å². The average Bonchev–Trinajstić information content (AvgIpc) is 3.29. The highest BCUT2D eigenvalue weighted by Crippen LogP contribution is 2.32. The molecule has 0 fully saturated rings. The van der Waals surface area contributed by atoms with Crippen molar-refractivity contribution in [2.45, 2.75) is 26.5 Å². The number of allylic oxidation sites excluding steroid dienone is 1. The fraction of sp³-hybridized carbons (Fsp3) is 0.182. The van der Waals surface area contributed by atoms with Crippen LogP contribution in [0.5, 0.6) is 11.5 Å². The van der Waals surface area contributed by atoms with E-state index in [9.17, 15) is 9.59 Å². The molecule has 0 N–H and O–H groups in total. The van der Waals surface area contributed by atoms with Crippen molar-refractivity contribution in [1.82, 2.24) is 4.57 Å². The summed E-state index contributed by atoms with van der Waals surface area (Å²) in [6.45, 7) is 8.07. The molecule has 0 bridgehead atoms. The van der Waals surface area contributed by atoms with E-state index in [-0.39, 0.29) is 12.2 Å². The topological polar surface area (TPSA) is 79.1 Å². The van der Waals surface area contributed by atoms with Crippen molar-refractivity contribution in [3.05, 3.63) is 137 Å². The van der Waals surface area contributed by atoms with Crippen LogP contribution in [-0.2, 0) is 16.1 Å². The molecule has 3 aromatic carbocycles. The van der Waals surface area contributed by atoms with Crippen LogP contribution in [0, 0.1) is 0 Å². The number of nitrogens with zero attached hydrogens (tertiary/aromatic N) is 2. The van der Waals surface area contributed by atoms with Gasteiger partial charge in [-0.3, -0.25) is 9.36 Å². The van der Waals surface area contributed by atoms with E-state index >= 15 is 0 Å². The lowest BCUT2D eigenvalue weighted by Crippen LogP contribution is -2.39. The lowest BCUT2D eigenvalue weighted by atomic mass is 9.96. The number of hydrogen-bond acceptors (Lipinski definition) is 7. The lowest BCUT2D eigenvalue weighted by Gasteiger charge is -2.24. The minimum absolute atomic E-state index is 0.202. The Bertz CT molecular complexity index is 1900. The van der Waals surface area contributed by atoms with Crippen LogP contribution < -0.4 is 24.4 Å². The van der Waals surface area contributed by atoms with Crippen molar-refractivity contribution in [3.63, 3.8) is 0 Å². The molecule has 1 aliphatic rings. The Morgan fingerprint density at radius 1 is 1.14 bits per heavy atom. The van der Waals surface area contributed by atoms with Gasteiger partial charge in [0.2, 0.25) is 0 Å². The molecule has 10 heteroatoms. The summed E-state index contributed by atoms with van der Waals surface area (Å²) in [6.07, 6.45) is 3.47. The second kappa shape index (κ2) is 13.6. The van der Waals surface area contributed by atoms with E-state index in [1.54, 1.807) is 42.7 Å². The average molecular weight is 680 g/mol. The quantitative estimate of drug-likeness (QED) is 0.144. The van der Waals surface area contributed by atoms with Crippen LogP contribution in [0.1, 0.15) is 36.6 Å². The minimum atomic E-state index is -0.710. The maximum Gasteiger partial charge on any atom is 0.338 e. The number of ether oxygens (including phenoxy) is 3. The van der Waals surface area contributed by atoms with Gasteiger partial charge in [-0.15, -0.1) is 0 Å². The maximum atomic E-state index is 13.9. The van der Waals surface area contributed by atoms with Gasteiger partial charge < -0.3 is 14.2 Å². The SMILES string of the molecule is C=CCOc1ccc([C@@H]2C(C(=O)OCC)=C(C)N=c3s/c(=C\c4ccc(OCc5ccccc5Cl)c(Br)c4)c(=O)n32)cc1. The first-order valence-electron chi connectivity index (χ1n) is 13.5. The molecule has 0 radical (unpaired) electrons. The predicted octanol–water partition coefficient (Wildman–Crippen LogP) is 6.36. The smallest absolute Gasteiger partial charge is 0.338 e. The molecule has 1 atom stereocenters. The minimum Gasteiger partial charge on any atom is -0.490 e. The summed E-state index contributed by atoms with van der Waals surface area (Å²) in [7, 11) is 0. The summed E-state index contributed by atoms with van der Waals surface area (Å²) in [5.74, 6) is 0.791. The van der Waals surface area contributed by atoms with Crippen LogP contribution in [0.4, 0.5) is 0 Å². The molecule has 0 spiro atoms. The number of carbonyl (C=O) groups excluding carboxylic acids is 1. The maximum absolute atomic E-state index is 13.9. The van der Waals surface area contributed by atoms with Gasteiger partial charge >= 0.3 is 5.97 Å². The highest BCUT2D eigenvalue weighted by Gasteiger charge is 2.33. The van der Waals surface area contributed by atoms with Crippen molar-refractivity contribution >= 4 is 50.9 Å². The van der Waals surface area contributed by atoms with E-state index in [4.69, 9.17) is 25.8 Å². The summed E-state index contributed by atoms with van der Waals surface area (Å²) < 4.78 is 19.7. The van der Waals surface area contributed by atoms with E-state index in [1.807, 2.05) is 54.6 Å². The Morgan fingerprint density at radius 3 is 2.60 bits per heavy atom. The first-order valence-corrected chi connectivity index (χ1v) is 15.5. The molecule has 0 aliphatic carbocycles. The molecule has 1 aliphatic heterocycles. The van der Waals surface area contributed by atoms with Crippen LogP contribution in [0.3, 0.4) is 0 Å². The summed E-state index contributed by atoms with van der Waals surface area (Å²) in [6, 6.07) is 19.7. The predicted molar refractivity (Wildman–Crippen MR) is 172 cm³/mol. The normalized spacial score (nSPS) is 14.6. The van der Waals surface area contributed by atoms with E-state index in [1.165, 1.54) is 11.3 Å². The highest BCUT2D eigenvalue weighted by molar-refractivity contribution is 9.10. The molecule has 4 aromatic rings. The molecule has 43 heavy (non-hydrogen) atoms. The van der Waals surface area contributed by atoms with E-state index < -0.39 is 12.0 Å². The van der Waals surface area contributed by atoms with Crippen LogP contribution in [-0.4, -0.2) is 23.8 Å². The first-order chi connectivity index (χ1) is 20.8. The van der Waals surface area contributed by atoms with Crippen LogP contribution in [0.2, 0.25) is 5.02 Å². The van der Waals surface area contributed by atoms with Crippen molar-refractivity contribution < 1.29 is 19.0 Å². The van der Waals surface area contributed by atoms with Gasteiger partial charge in [0.15, 0.2) is 4.80 Å². The summed E-state index contributed by atoms with van der Waals surface area (Å²) in [4.78, 5) is 32.2. The number of halogens is 2. The Balaban J connectivity index is 1.51. The van der Waals surface area contributed by atoms with Gasteiger partial charge in [-0.25, -0.2) is 9.79 Å². The molecule has 220 valence electrons. The van der Waals surface area contributed by atoms with Crippen LogP contribution >= 0.6 is 38.9 Å². The number of fused-ring (bicyclic) bond motifs is 1. The fourth-order valence-electron chi connectivity index (χ4n) is 4.65. The number of aromatic nitrogens is 1. The van der Waals surface area contributed by atoms with Crippen molar-refractivity contribution in [1.29, 1.82) is 0 Å². The molecular formula is C33H28BrClN2O5S. The van der Waals surface area contributed by atoms with E-state index in [2.05, 4.69) is 27.5 Å². The molecule has 2 heterocycles. The summed E-state index contributed by atoms with van der Waals surface area (Å²) >= 11 is 11.1. The second-order valence-electron chi connectivity index (χ2n) is 9.54. The Labute approximate surface area is 266 Å². The number of rotatable bonds is 10. The zero-order chi connectivity index (χ0) is 30.5. The van der Waals surface area contributed by atoms with Crippen molar-refractivity contribution in [3.8, 4) is 11.5 Å². The number of esters is 1. The van der Waals surface area contributed by atoms with Gasteiger partial charge in [-0.05, 0) is 77.3 Å². The number of benzene rings is 3. The van der Waals surface area contributed by atoms with Gasteiger partial charge in [0.05, 0.1) is 32.9 Å². The first kappa shape index (κ1) is 30.5. The third-order valence-electron chi connectivity index (χ3n) is 6.68. The fourth-order valence-corrected chi connectivity index (χ4v) is 6.40.